The highest BCUT2D eigenvalue weighted by Gasteiger charge is 2.54. The van der Waals surface area contributed by atoms with Gasteiger partial charge >= 0.3 is 0 Å². The fraction of sp³-hybridized carbons (Fsp3) is 0.300. The maximum Gasteiger partial charge on any atom is 0.269 e. The lowest BCUT2D eigenvalue weighted by Gasteiger charge is -2.52. The lowest BCUT2D eigenvalue weighted by atomic mass is 9.73. The highest BCUT2D eigenvalue weighted by atomic mass is 16.2. The second-order valence-corrected chi connectivity index (χ2v) is 6.74. The first-order valence-corrected chi connectivity index (χ1v) is 8.24. The van der Waals surface area contributed by atoms with Crippen LogP contribution in [0.2, 0.25) is 0 Å². The maximum atomic E-state index is 12.4. The van der Waals surface area contributed by atoms with Gasteiger partial charge in [0, 0.05) is 5.56 Å². The Labute approximate surface area is 142 Å². The van der Waals surface area contributed by atoms with E-state index < -0.39 is 5.41 Å². The first-order valence-electron chi connectivity index (χ1n) is 8.24. The summed E-state index contributed by atoms with van der Waals surface area (Å²) >= 11 is 0. The molecule has 3 rings (SSSR count). The van der Waals surface area contributed by atoms with E-state index in [-0.39, 0.29) is 17.9 Å². The van der Waals surface area contributed by atoms with Gasteiger partial charge in [-0.05, 0) is 44.4 Å². The highest BCUT2D eigenvalue weighted by Crippen LogP contribution is 2.39. The number of hydrogen-bond acceptors (Lipinski definition) is 2. The van der Waals surface area contributed by atoms with Crippen molar-refractivity contribution in [3.8, 4) is 0 Å². The van der Waals surface area contributed by atoms with Gasteiger partial charge in [0.2, 0.25) is 5.91 Å². The standard InChI is InChI=1S/C20H22N2O2/c1-20(2)17(14-13-15-9-5-3-6-10-15)22(19(20)24)21-18(23)16-11-7-4-8-12-16/h3-12,17H,13-14H2,1-2H3,(H,21,23). The molecule has 0 aromatic heterocycles. The molecule has 1 heterocycles. The lowest BCUT2D eigenvalue weighted by Crippen LogP contribution is -2.71. The van der Waals surface area contributed by atoms with Gasteiger partial charge in [0.1, 0.15) is 0 Å². The Morgan fingerprint density at radius 3 is 2.25 bits per heavy atom. The fourth-order valence-electron chi connectivity index (χ4n) is 3.18. The van der Waals surface area contributed by atoms with Crippen molar-refractivity contribution in [2.24, 2.45) is 5.41 Å². The van der Waals surface area contributed by atoms with Crippen molar-refractivity contribution in [2.45, 2.75) is 32.7 Å². The summed E-state index contributed by atoms with van der Waals surface area (Å²) in [5.41, 5.74) is 4.11. The average molecular weight is 322 g/mol. The molecule has 1 saturated heterocycles. The van der Waals surface area contributed by atoms with Crippen LogP contribution in [0.1, 0.15) is 36.2 Å². The number of β-lactam (4-membered cyclic amide) rings is 1. The van der Waals surface area contributed by atoms with Gasteiger partial charge in [0.25, 0.3) is 5.91 Å². The molecule has 1 fully saturated rings. The van der Waals surface area contributed by atoms with Crippen LogP contribution in [0.5, 0.6) is 0 Å². The number of nitrogens with one attached hydrogen (secondary N) is 1. The maximum absolute atomic E-state index is 12.4. The minimum atomic E-state index is -0.446. The number of rotatable bonds is 5. The van der Waals surface area contributed by atoms with Crippen molar-refractivity contribution >= 4 is 11.8 Å². The molecular weight excluding hydrogens is 300 g/mol. The summed E-state index contributed by atoms with van der Waals surface area (Å²) in [6.45, 7) is 3.88. The first-order chi connectivity index (χ1) is 11.5. The third-order valence-corrected chi connectivity index (χ3v) is 4.72. The lowest BCUT2D eigenvalue weighted by molar-refractivity contribution is -0.174. The van der Waals surface area contributed by atoms with Crippen LogP contribution in [0, 0.1) is 5.41 Å². The molecule has 2 amide bonds. The number of amides is 2. The number of nitrogens with zero attached hydrogens (tertiary/aromatic N) is 1. The molecule has 1 N–H and O–H groups in total. The minimum Gasteiger partial charge on any atom is -0.272 e. The molecular formula is C20H22N2O2. The normalized spacial score (nSPS) is 18.8. The molecule has 4 nitrogen and oxygen atoms in total. The molecule has 0 saturated carbocycles. The van der Waals surface area contributed by atoms with Crippen LogP contribution in [0.3, 0.4) is 0 Å². The molecule has 1 aliphatic rings. The Balaban J connectivity index is 1.67. The Morgan fingerprint density at radius 1 is 1.04 bits per heavy atom. The summed E-state index contributed by atoms with van der Waals surface area (Å²) in [4.78, 5) is 24.7. The predicted octanol–water partition coefficient (Wildman–Crippen LogP) is 3.20. The Kier molecular flexibility index (Phi) is 4.38. The monoisotopic (exact) mass is 322 g/mol. The number of hydrazine groups is 1. The van der Waals surface area contributed by atoms with E-state index in [1.807, 2.05) is 50.2 Å². The SMILES string of the molecule is CC1(C)C(=O)N(NC(=O)c2ccccc2)C1CCc1ccccc1. The predicted molar refractivity (Wildman–Crippen MR) is 93.1 cm³/mol. The summed E-state index contributed by atoms with van der Waals surface area (Å²) in [5.74, 6) is -0.283. The summed E-state index contributed by atoms with van der Waals surface area (Å²) in [5, 5.41) is 1.50. The van der Waals surface area contributed by atoms with E-state index >= 15 is 0 Å². The van der Waals surface area contributed by atoms with E-state index in [4.69, 9.17) is 0 Å². The van der Waals surface area contributed by atoms with Crippen LogP contribution in [-0.2, 0) is 11.2 Å². The van der Waals surface area contributed by atoms with E-state index in [2.05, 4.69) is 17.6 Å². The number of aryl methyl sites for hydroxylation is 1. The van der Waals surface area contributed by atoms with Gasteiger partial charge in [-0.15, -0.1) is 0 Å². The van der Waals surface area contributed by atoms with Crippen molar-refractivity contribution in [3.05, 3.63) is 71.8 Å². The van der Waals surface area contributed by atoms with Crippen molar-refractivity contribution in [1.29, 1.82) is 0 Å². The van der Waals surface area contributed by atoms with Gasteiger partial charge in [-0.25, -0.2) is 5.01 Å². The summed E-state index contributed by atoms with van der Waals surface area (Å²) in [6, 6.07) is 19.1. The van der Waals surface area contributed by atoms with Crippen LogP contribution in [0.15, 0.2) is 60.7 Å². The van der Waals surface area contributed by atoms with Crippen LogP contribution in [-0.4, -0.2) is 22.9 Å². The second-order valence-electron chi connectivity index (χ2n) is 6.74. The molecule has 1 atom stereocenters. The van der Waals surface area contributed by atoms with E-state index in [9.17, 15) is 9.59 Å². The third-order valence-electron chi connectivity index (χ3n) is 4.72. The van der Waals surface area contributed by atoms with Gasteiger partial charge in [-0.3, -0.25) is 15.0 Å². The molecule has 2 aromatic rings. The van der Waals surface area contributed by atoms with Crippen LogP contribution in [0.25, 0.3) is 0 Å². The number of hydrogen-bond donors (Lipinski definition) is 1. The average Bonchev–Trinajstić information content (AvgIpc) is 2.62. The first kappa shape index (κ1) is 16.2. The van der Waals surface area contributed by atoms with Crippen molar-refractivity contribution < 1.29 is 9.59 Å². The van der Waals surface area contributed by atoms with Gasteiger partial charge < -0.3 is 0 Å². The second kappa shape index (κ2) is 6.48. The zero-order chi connectivity index (χ0) is 17.2. The van der Waals surface area contributed by atoms with Gasteiger partial charge in [0.15, 0.2) is 0 Å². The Hall–Kier alpha value is -2.62. The Morgan fingerprint density at radius 2 is 1.62 bits per heavy atom. The molecule has 24 heavy (non-hydrogen) atoms. The quantitative estimate of drug-likeness (QED) is 0.860. The van der Waals surface area contributed by atoms with Gasteiger partial charge in [-0.2, -0.15) is 0 Å². The van der Waals surface area contributed by atoms with E-state index in [1.54, 1.807) is 12.1 Å². The van der Waals surface area contributed by atoms with Crippen molar-refractivity contribution in [1.82, 2.24) is 10.4 Å². The summed E-state index contributed by atoms with van der Waals surface area (Å²) in [6.07, 6.45) is 1.69. The number of carbonyl (C=O) groups is 2. The van der Waals surface area contributed by atoms with Crippen LogP contribution in [0.4, 0.5) is 0 Å². The molecule has 0 radical (unpaired) electrons. The smallest absolute Gasteiger partial charge is 0.269 e. The van der Waals surface area contributed by atoms with Crippen molar-refractivity contribution in [2.75, 3.05) is 0 Å². The highest BCUT2D eigenvalue weighted by molar-refractivity contribution is 5.97. The van der Waals surface area contributed by atoms with Crippen LogP contribution < -0.4 is 5.43 Å². The Bertz CT molecular complexity index is 726. The fourth-order valence-corrected chi connectivity index (χ4v) is 3.18. The summed E-state index contributed by atoms with van der Waals surface area (Å²) < 4.78 is 0. The molecule has 0 aliphatic carbocycles. The van der Waals surface area contributed by atoms with Crippen molar-refractivity contribution in [3.63, 3.8) is 0 Å². The summed E-state index contributed by atoms with van der Waals surface area (Å²) in [7, 11) is 0. The van der Waals surface area contributed by atoms with E-state index in [0.29, 0.717) is 5.56 Å². The number of benzene rings is 2. The number of carbonyl (C=O) groups excluding carboxylic acids is 2. The van der Waals surface area contributed by atoms with Gasteiger partial charge in [-0.1, -0.05) is 48.5 Å². The molecule has 1 unspecified atom stereocenters. The molecule has 0 spiro atoms. The van der Waals surface area contributed by atoms with Crippen LogP contribution >= 0.6 is 0 Å². The molecule has 0 bridgehead atoms. The van der Waals surface area contributed by atoms with E-state index in [1.165, 1.54) is 10.6 Å². The van der Waals surface area contributed by atoms with E-state index in [0.717, 1.165) is 12.8 Å². The molecule has 2 aromatic carbocycles. The molecule has 4 heteroatoms. The molecule has 1 aliphatic heterocycles. The van der Waals surface area contributed by atoms with Gasteiger partial charge in [0.05, 0.1) is 11.5 Å². The minimum absolute atomic E-state index is 0.00197. The largest absolute Gasteiger partial charge is 0.272 e. The zero-order valence-electron chi connectivity index (χ0n) is 14.0. The molecule has 124 valence electrons. The topological polar surface area (TPSA) is 49.4 Å². The third kappa shape index (κ3) is 3.04. The zero-order valence-corrected chi connectivity index (χ0v) is 14.0.